The molecule has 3 aliphatic rings. The molecule has 2 aromatic rings. The highest BCUT2D eigenvalue weighted by atomic mass is 32.2. The van der Waals surface area contributed by atoms with E-state index in [0.29, 0.717) is 12.1 Å². The van der Waals surface area contributed by atoms with Gasteiger partial charge in [-0.3, -0.25) is 14.9 Å². The number of rotatable bonds is 7. The molecule has 0 radical (unpaired) electrons. The number of amides is 1. The van der Waals surface area contributed by atoms with Crippen molar-refractivity contribution in [3.63, 3.8) is 0 Å². The summed E-state index contributed by atoms with van der Waals surface area (Å²) in [5.41, 5.74) is 0.797. The lowest BCUT2D eigenvalue weighted by molar-refractivity contribution is -0.679. The highest BCUT2D eigenvalue weighted by molar-refractivity contribution is 8.03. The number of nitro groups is 1. The van der Waals surface area contributed by atoms with Gasteiger partial charge < -0.3 is 14.7 Å². The average molecular weight is 501 g/mol. The Hall–Kier alpha value is -3.25. The Morgan fingerprint density at radius 2 is 2.11 bits per heavy atom. The van der Waals surface area contributed by atoms with Crippen LogP contribution in [0.3, 0.4) is 0 Å². The molecule has 12 heteroatoms. The fraction of sp³-hybridized carbons (Fsp3) is 0.478. The summed E-state index contributed by atoms with van der Waals surface area (Å²) in [6.45, 7) is 4.20. The number of hydrogen-bond acceptors (Lipinski definition) is 8. The third kappa shape index (κ3) is 3.90. The number of non-ortho nitro benzene ring substituents is 1. The van der Waals surface area contributed by atoms with Crippen molar-refractivity contribution in [2.24, 2.45) is 18.9 Å². The van der Waals surface area contributed by atoms with Gasteiger partial charge in [-0.25, -0.2) is 9.36 Å². The normalized spacial score (nSPS) is 25.8. The van der Waals surface area contributed by atoms with Crippen LogP contribution < -0.4 is 4.57 Å². The van der Waals surface area contributed by atoms with Gasteiger partial charge in [0.15, 0.2) is 0 Å². The van der Waals surface area contributed by atoms with E-state index in [1.54, 1.807) is 25.0 Å². The molecular weight excluding hydrogens is 474 g/mol. The molecular formula is C23H26N5O6S+. The molecule has 35 heavy (non-hydrogen) atoms. The number of carbonyl (C=O) groups is 2. The van der Waals surface area contributed by atoms with Gasteiger partial charge in [0.05, 0.1) is 41.7 Å². The third-order valence-electron chi connectivity index (χ3n) is 6.97. The quantitative estimate of drug-likeness (QED) is 0.196. The molecule has 0 aliphatic carbocycles. The minimum Gasteiger partial charge on any atom is -0.456 e. The number of nitrogens with zero attached hydrogens (tertiary/aromatic N) is 5. The van der Waals surface area contributed by atoms with Gasteiger partial charge in [0.25, 0.3) is 12.0 Å². The first kappa shape index (κ1) is 23.5. The molecule has 1 aromatic heterocycles. The van der Waals surface area contributed by atoms with Crippen molar-refractivity contribution in [2.75, 3.05) is 0 Å². The van der Waals surface area contributed by atoms with Crippen molar-refractivity contribution >= 4 is 29.3 Å². The molecule has 1 N–H and O–H groups in total. The second-order valence-corrected chi connectivity index (χ2v) is 10.6. The van der Waals surface area contributed by atoms with Crippen molar-refractivity contribution in [3.8, 4) is 0 Å². The van der Waals surface area contributed by atoms with Crippen LogP contribution in [0.1, 0.15) is 25.2 Å². The number of hydrogen-bond donors (Lipinski definition) is 1. The summed E-state index contributed by atoms with van der Waals surface area (Å²) >= 11 is 1.57. The number of aliphatic hydroxyl groups is 1. The zero-order chi connectivity index (χ0) is 25.0. The monoisotopic (exact) mass is 500 g/mol. The average Bonchev–Trinajstić information content (AvgIpc) is 3.44. The van der Waals surface area contributed by atoms with Crippen LogP contribution in [0.25, 0.3) is 0 Å². The largest absolute Gasteiger partial charge is 0.456 e. The van der Waals surface area contributed by atoms with Gasteiger partial charge in [0, 0.05) is 28.1 Å². The number of β-lactam (4-membered cyclic amide) rings is 1. The molecule has 5 rings (SSSR count). The summed E-state index contributed by atoms with van der Waals surface area (Å²) < 4.78 is 9.49. The van der Waals surface area contributed by atoms with Crippen molar-refractivity contribution in [1.82, 2.24) is 14.7 Å². The first-order valence-electron chi connectivity index (χ1n) is 11.4. The number of aliphatic hydroxyl groups excluding tert-OH is 1. The van der Waals surface area contributed by atoms with E-state index in [1.807, 2.05) is 23.2 Å². The van der Waals surface area contributed by atoms with E-state index in [-0.39, 0.29) is 41.1 Å². The van der Waals surface area contributed by atoms with Gasteiger partial charge >= 0.3 is 5.97 Å². The lowest BCUT2D eigenvalue weighted by Gasteiger charge is -2.46. The smallest absolute Gasteiger partial charge is 0.356 e. The molecule has 1 amide bonds. The molecule has 11 nitrogen and oxygen atoms in total. The van der Waals surface area contributed by atoms with E-state index in [2.05, 4.69) is 5.10 Å². The number of nitro benzene ring substituents is 1. The van der Waals surface area contributed by atoms with E-state index < -0.39 is 22.9 Å². The van der Waals surface area contributed by atoms with E-state index >= 15 is 0 Å². The standard InChI is InChI=1S/C23H26N5O6S/c1-12-19-18(13(2)29)22(30)27(19)20(21(12)35-16-8-17-25(3)11-24-26(17)9-16)23(31)34-10-14-4-6-15(7-5-14)28(32)33/h4-7,11-13,16,18-19,29H,8-10H2,1-3H3/q+1/t12-,13-,16?,18-,19-/m1/s1. The van der Waals surface area contributed by atoms with Gasteiger partial charge in [-0.05, 0) is 24.6 Å². The summed E-state index contributed by atoms with van der Waals surface area (Å²) in [5, 5.41) is 25.6. The Bertz CT molecular complexity index is 1240. The minimum absolute atomic E-state index is 0.0470. The molecule has 0 spiro atoms. The van der Waals surface area contributed by atoms with Crippen LogP contribution in [0.5, 0.6) is 0 Å². The zero-order valence-electron chi connectivity index (χ0n) is 19.5. The van der Waals surface area contributed by atoms with Crippen LogP contribution in [0.15, 0.2) is 41.2 Å². The second kappa shape index (κ2) is 8.76. The fourth-order valence-electron chi connectivity index (χ4n) is 5.18. The highest BCUT2D eigenvalue weighted by Crippen LogP contribution is 2.52. The van der Waals surface area contributed by atoms with Gasteiger partial charge in [0.1, 0.15) is 18.8 Å². The van der Waals surface area contributed by atoms with E-state index in [9.17, 15) is 24.8 Å². The summed E-state index contributed by atoms with van der Waals surface area (Å²) in [4.78, 5) is 38.8. The molecule has 0 bridgehead atoms. The maximum atomic E-state index is 13.3. The van der Waals surface area contributed by atoms with Crippen LogP contribution in [0.4, 0.5) is 5.69 Å². The van der Waals surface area contributed by atoms with Gasteiger partial charge in [0.2, 0.25) is 11.7 Å². The summed E-state index contributed by atoms with van der Waals surface area (Å²) in [6.07, 6.45) is 1.73. The van der Waals surface area contributed by atoms with E-state index in [1.165, 1.54) is 29.2 Å². The molecule has 4 heterocycles. The van der Waals surface area contributed by atoms with Crippen LogP contribution in [0.2, 0.25) is 0 Å². The third-order valence-corrected chi connectivity index (χ3v) is 8.44. The predicted octanol–water partition coefficient (Wildman–Crippen LogP) is 1.09. The number of aryl methyl sites for hydroxylation is 1. The minimum atomic E-state index is -0.816. The zero-order valence-corrected chi connectivity index (χ0v) is 20.3. The van der Waals surface area contributed by atoms with Gasteiger partial charge in [-0.1, -0.05) is 6.92 Å². The SMILES string of the molecule is C[C@@H](O)[C@H]1C(=O)N2C(C(=O)OCc3ccc([N+](=O)[O-])cc3)=C(SC3Cc4n(nc[n+]4C)C3)[C@H](C)[C@H]12. The number of thioether (sulfide) groups is 1. The molecule has 1 saturated heterocycles. The molecule has 1 fully saturated rings. The number of aromatic nitrogens is 3. The topological polar surface area (TPSA) is 132 Å². The maximum absolute atomic E-state index is 13.3. The van der Waals surface area contributed by atoms with E-state index in [0.717, 1.165) is 17.2 Å². The second-order valence-electron chi connectivity index (χ2n) is 9.25. The van der Waals surface area contributed by atoms with Crippen LogP contribution in [-0.4, -0.2) is 54.0 Å². The molecule has 184 valence electrons. The number of esters is 1. The fourth-order valence-corrected chi connectivity index (χ4v) is 6.63. The van der Waals surface area contributed by atoms with Crippen molar-refractivity contribution in [2.45, 2.75) is 50.8 Å². The predicted molar refractivity (Wildman–Crippen MR) is 123 cm³/mol. The molecule has 3 aliphatic heterocycles. The highest BCUT2D eigenvalue weighted by Gasteiger charge is 2.60. The Labute approximate surface area is 205 Å². The molecule has 5 atom stereocenters. The Balaban J connectivity index is 1.37. The van der Waals surface area contributed by atoms with Crippen LogP contribution >= 0.6 is 11.8 Å². The molecule has 1 unspecified atom stereocenters. The summed E-state index contributed by atoms with van der Waals surface area (Å²) in [6, 6.07) is 5.49. The lowest BCUT2D eigenvalue weighted by Crippen LogP contribution is -2.63. The lowest BCUT2D eigenvalue weighted by atomic mass is 9.79. The Morgan fingerprint density at radius 1 is 1.40 bits per heavy atom. The van der Waals surface area contributed by atoms with Crippen molar-refractivity contribution in [1.29, 1.82) is 0 Å². The maximum Gasteiger partial charge on any atom is 0.356 e. The first-order valence-corrected chi connectivity index (χ1v) is 12.3. The van der Waals surface area contributed by atoms with Crippen LogP contribution in [-0.2, 0) is 40.9 Å². The summed E-state index contributed by atoms with van der Waals surface area (Å²) in [5.74, 6) is -0.477. The van der Waals surface area contributed by atoms with Gasteiger partial charge in [-0.15, -0.1) is 16.4 Å². The van der Waals surface area contributed by atoms with Crippen LogP contribution in [0, 0.1) is 22.0 Å². The van der Waals surface area contributed by atoms with Crippen molar-refractivity contribution in [3.05, 3.63) is 62.7 Å². The van der Waals surface area contributed by atoms with Gasteiger partial charge in [-0.2, -0.15) is 0 Å². The Morgan fingerprint density at radius 3 is 2.74 bits per heavy atom. The van der Waals surface area contributed by atoms with E-state index in [4.69, 9.17) is 4.74 Å². The summed E-state index contributed by atoms with van der Waals surface area (Å²) in [7, 11) is 1.95. The molecule has 0 saturated carbocycles. The number of carbonyl (C=O) groups excluding carboxylic acids is 2. The number of benzene rings is 1. The number of ether oxygens (including phenoxy) is 1. The first-order chi connectivity index (χ1) is 16.7. The number of fused-ring (bicyclic) bond motifs is 2. The van der Waals surface area contributed by atoms with Crippen molar-refractivity contribution < 1.29 is 28.9 Å². The molecule has 1 aromatic carbocycles. The Kier molecular flexibility index (Phi) is 5.88.